The first-order chi connectivity index (χ1) is 13.8. The average Bonchev–Trinajstić information content (AvgIpc) is 2.66. The third-order valence-electron chi connectivity index (χ3n) is 4.94. The highest BCUT2D eigenvalue weighted by Crippen LogP contribution is 2.36. The molecule has 0 amide bonds. The third kappa shape index (κ3) is 4.48. The highest BCUT2D eigenvalue weighted by molar-refractivity contribution is 6.17. The van der Waals surface area contributed by atoms with Crippen LogP contribution in [-0.2, 0) is 17.6 Å². The van der Waals surface area contributed by atoms with Crippen molar-refractivity contribution in [3.8, 4) is 11.5 Å². The monoisotopic (exact) mass is 390 g/mol. The maximum Gasteiger partial charge on any atom is 0.326 e. The molecule has 3 rings (SSSR count). The molecule has 4 heteroatoms. The lowest BCUT2D eigenvalue weighted by Gasteiger charge is -2.23. The fourth-order valence-electron chi connectivity index (χ4n) is 3.37. The van der Waals surface area contributed by atoms with Crippen molar-refractivity contribution >= 4 is 11.8 Å². The van der Waals surface area contributed by atoms with Crippen molar-refractivity contribution in [3.63, 3.8) is 0 Å². The molecular formula is C25H26O4. The topological polar surface area (TPSA) is 63.6 Å². The predicted octanol–water partition coefficient (Wildman–Crippen LogP) is 5.30. The normalized spacial score (nSPS) is 15.4. The lowest BCUT2D eigenvalue weighted by atomic mass is 9.85. The zero-order chi connectivity index (χ0) is 21.1. The molecule has 2 aromatic rings. The van der Waals surface area contributed by atoms with Crippen LogP contribution in [0.15, 0.2) is 59.7 Å². The molecule has 0 aliphatic carbocycles. The number of hydrogen-bond donors (Lipinski definition) is 1. The molecule has 0 spiro atoms. The van der Waals surface area contributed by atoms with Crippen molar-refractivity contribution in [2.45, 2.75) is 46.5 Å². The van der Waals surface area contributed by atoms with E-state index >= 15 is 0 Å². The summed E-state index contributed by atoms with van der Waals surface area (Å²) < 4.78 is 5.43. The Morgan fingerprint density at radius 2 is 1.52 bits per heavy atom. The lowest BCUT2D eigenvalue weighted by Crippen LogP contribution is -2.31. The van der Waals surface area contributed by atoms with Crippen molar-refractivity contribution in [2.24, 2.45) is 0 Å². The van der Waals surface area contributed by atoms with Gasteiger partial charge in [-0.25, -0.2) is 0 Å². The molecule has 0 saturated heterocycles. The molecule has 0 aromatic heterocycles. The molecule has 4 nitrogen and oxygen atoms in total. The van der Waals surface area contributed by atoms with E-state index in [2.05, 4.69) is 0 Å². The summed E-state index contributed by atoms with van der Waals surface area (Å²) >= 11 is 0. The number of ether oxygens (including phenoxy) is 1. The first kappa shape index (κ1) is 20.6. The number of ketones is 1. The van der Waals surface area contributed by atoms with Gasteiger partial charge < -0.3 is 9.84 Å². The summed E-state index contributed by atoms with van der Waals surface area (Å²) in [6.45, 7) is 7.96. The van der Waals surface area contributed by atoms with E-state index in [-0.39, 0.29) is 11.5 Å². The Morgan fingerprint density at radius 3 is 2.07 bits per heavy atom. The van der Waals surface area contributed by atoms with Gasteiger partial charge in [0.05, 0.1) is 5.56 Å². The number of rotatable bonds is 5. The zero-order valence-electron chi connectivity index (χ0n) is 17.3. The lowest BCUT2D eigenvalue weighted by molar-refractivity contribution is -0.135. The Balaban J connectivity index is 2.10. The van der Waals surface area contributed by atoms with Crippen molar-refractivity contribution in [2.75, 3.05) is 0 Å². The molecule has 0 radical (unpaired) electrons. The fraction of sp³-hybridized carbons (Fsp3) is 0.280. The molecule has 0 saturated carbocycles. The Morgan fingerprint density at radius 1 is 0.966 bits per heavy atom. The van der Waals surface area contributed by atoms with Crippen LogP contribution in [0.5, 0.6) is 11.5 Å². The minimum Gasteiger partial charge on any atom is -0.507 e. The number of esters is 1. The molecule has 0 bridgehead atoms. The van der Waals surface area contributed by atoms with Crippen LogP contribution in [0.2, 0.25) is 0 Å². The Bertz CT molecular complexity index is 978. The van der Waals surface area contributed by atoms with Crippen LogP contribution in [-0.4, -0.2) is 16.9 Å². The van der Waals surface area contributed by atoms with E-state index in [1.807, 2.05) is 39.8 Å². The zero-order valence-corrected chi connectivity index (χ0v) is 17.3. The number of hydrogen-bond acceptors (Lipinski definition) is 4. The molecule has 2 aromatic carbocycles. The van der Waals surface area contributed by atoms with Crippen molar-refractivity contribution in [1.82, 2.24) is 0 Å². The van der Waals surface area contributed by atoms with Gasteiger partial charge in [-0.3, -0.25) is 9.59 Å². The van der Waals surface area contributed by atoms with E-state index in [0.717, 1.165) is 11.1 Å². The number of carbonyl (C=O) groups is 2. The van der Waals surface area contributed by atoms with Gasteiger partial charge in [-0.1, -0.05) is 47.6 Å². The second kappa shape index (κ2) is 8.48. The van der Waals surface area contributed by atoms with Crippen LogP contribution in [0, 0.1) is 0 Å². The van der Waals surface area contributed by atoms with Crippen LogP contribution >= 0.6 is 0 Å². The summed E-state index contributed by atoms with van der Waals surface area (Å²) in [4.78, 5) is 25.8. The van der Waals surface area contributed by atoms with Crippen molar-refractivity contribution in [1.29, 1.82) is 0 Å². The Labute approximate surface area is 171 Å². The second-order valence-electron chi connectivity index (χ2n) is 7.87. The molecule has 1 atom stereocenters. The molecule has 1 N–H and O–H groups in total. The van der Waals surface area contributed by atoms with Crippen LogP contribution in [0.1, 0.15) is 60.7 Å². The molecule has 1 aliphatic rings. The molecule has 1 aliphatic heterocycles. The van der Waals surface area contributed by atoms with Gasteiger partial charge >= 0.3 is 5.97 Å². The number of fused-ring (bicyclic) bond motifs is 1. The number of para-hydroxylation sites is 1. The highest BCUT2D eigenvalue weighted by atomic mass is 16.5. The third-order valence-corrected chi connectivity index (χ3v) is 4.94. The molecule has 0 fully saturated rings. The molecule has 1 unspecified atom stereocenters. The Kier molecular flexibility index (Phi) is 6.02. The summed E-state index contributed by atoms with van der Waals surface area (Å²) in [6, 6.07) is 10.3. The van der Waals surface area contributed by atoms with Gasteiger partial charge in [-0.2, -0.15) is 0 Å². The van der Waals surface area contributed by atoms with Gasteiger partial charge in [-0.15, -0.1) is 0 Å². The van der Waals surface area contributed by atoms with Crippen LogP contribution in [0.4, 0.5) is 0 Å². The number of benzene rings is 2. The SMILES string of the molecule is CC(C)=CCc1cc(C2C(=O)Oc3ccccc3C2=O)cc(CC=C(C)C)c1O. The van der Waals surface area contributed by atoms with E-state index < -0.39 is 11.9 Å². The minimum absolute atomic E-state index is 0.209. The number of carbonyl (C=O) groups excluding carboxylic acids is 2. The van der Waals surface area contributed by atoms with Crippen LogP contribution in [0.3, 0.4) is 0 Å². The van der Waals surface area contributed by atoms with Crippen molar-refractivity contribution in [3.05, 3.63) is 82.0 Å². The highest BCUT2D eigenvalue weighted by Gasteiger charge is 2.38. The van der Waals surface area contributed by atoms with Gasteiger partial charge in [0.15, 0.2) is 5.78 Å². The largest absolute Gasteiger partial charge is 0.507 e. The maximum absolute atomic E-state index is 13.1. The standard InChI is InChI=1S/C25H26O4/c1-15(2)9-11-17-13-19(14-18(23(17)26)12-10-16(3)4)22-24(27)20-7-5-6-8-21(20)29-25(22)28/h5-10,13-14,22,26H,11-12H2,1-4H3. The summed E-state index contributed by atoms with van der Waals surface area (Å²) in [6.07, 6.45) is 5.08. The van der Waals surface area contributed by atoms with E-state index in [4.69, 9.17) is 4.74 Å². The average molecular weight is 390 g/mol. The van der Waals surface area contributed by atoms with Crippen LogP contribution in [0.25, 0.3) is 0 Å². The van der Waals surface area contributed by atoms with Gasteiger partial charge in [-0.05, 0) is 69.4 Å². The Hall–Kier alpha value is -3.14. The summed E-state index contributed by atoms with van der Waals surface area (Å²) in [5, 5.41) is 10.8. The fourth-order valence-corrected chi connectivity index (χ4v) is 3.37. The van der Waals surface area contributed by atoms with Gasteiger partial charge in [0.25, 0.3) is 0 Å². The predicted molar refractivity (Wildman–Crippen MR) is 114 cm³/mol. The molecule has 150 valence electrons. The van der Waals surface area contributed by atoms with Gasteiger partial charge in [0, 0.05) is 0 Å². The number of phenolic OH excluding ortho intramolecular Hbond substituents is 1. The van der Waals surface area contributed by atoms with E-state index in [0.29, 0.717) is 40.8 Å². The first-order valence-corrected chi connectivity index (χ1v) is 9.74. The second-order valence-corrected chi connectivity index (χ2v) is 7.87. The number of allylic oxidation sites excluding steroid dienone is 4. The molecular weight excluding hydrogens is 364 g/mol. The summed E-state index contributed by atoms with van der Waals surface area (Å²) in [5.74, 6) is -1.38. The molecule has 1 heterocycles. The molecule has 29 heavy (non-hydrogen) atoms. The summed E-state index contributed by atoms with van der Waals surface area (Å²) in [7, 11) is 0. The van der Waals surface area contributed by atoms with Gasteiger partial charge in [0.2, 0.25) is 0 Å². The van der Waals surface area contributed by atoms with Gasteiger partial charge in [0.1, 0.15) is 17.4 Å². The van der Waals surface area contributed by atoms with E-state index in [9.17, 15) is 14.7 Å². The first-order valence-electron chi connectivity index (χ1n) is 9.74. The van der Waals surface area contributed by atoms with Crippen molar-refractivity contribution < 1.29 is 19.4 Å². The smallest absolute Gasteiger partial charge is 0.326 e. The quantitative estimate of drug-likeness (QED) is 0.326. The number of Topliss-reactive ketones (excluding diaryl/α,β-unsaturated/α-hetero) is 1. The minimum atomic E-state index is -1.03. The summed E-state index contributed by atoms with van der Waals surface area (Å²) in [5.41, 5.74) is 4.61. The number of aromatic hydroxyl groups is 1. The van der Waals surface area contributed by atoms with E-state index in [1.165, 1.54) is 0 Å². The van der Waals surface area contributed by atoms with E-state index in [1.54, 1.807) is 36.4 Å². The maximum atomic E-state index is 13.1. The number of phenols is 1. The van der Waals surface area contributed by atoms with Crippen LogP contribution < -0.4 is 4.74 Å².